The van der Waals surface area contributed by atoms with Gasteiger partial charge in [0, 0.05) is 6.07 Å². The fourth-order valence-electron chi connectivity index (χ4n) is 0.882. The molecule has 0 unspecified atom stereocenters. The maximum atomic E-state index is 8.82. The number of aromatic nitrogens is 1. The third-order valence-electron chi connectivity index (χ3n) is 1.37. The van der Waals surface area contributed by atoms with E-state index in [9.17, 15) is 0 Å². The molecule has 0 bridgehead atoms. The van der Waals surface area contributed by atoms with Crippen molar-refractivity contribution in [2.75, 3.05) is 0 Å². The monoisotopic (exact) mass is 181 g/mol. The Morgan fingerprint density at radius 2 is 2.08 bits per heavy atom. The van der Waals surface area contributed by atoms with Crippen LogP contribution in [0.1, 0.15) is 13.8 Å². The van der Waals surface area contributed by atoms with Gasteiger partial charge in [-0.15, -0.1) is 0 Å². The second-order valence-electron chi connectivity index (χ2n) is 2.94. The predicted molar refractivity (Wildman–Crippen MR) is 49.8 cm³/mol. The zero-order chi connectivity index (χ0) is 9.84. The minimum atomic E-state index is -1.55. The Balaban J connectivity index is 2.79. The van der Waals surface area contributed by atoms with Gasteiger partial charge in [-0.3, -0.25) is 0 Å². The summed E-state index contributed by atoms with van der Waals surface area (Å²) in [6.45, 7) is 3.76. The molecule has 13 heavy (non-hydrogen) atoms. The first-order valence-electron chi connectivity index (χ1n) is 4.09. The Morgan fingerprint density at radius 3 is 2.62 bits per heavy atom. The molecule has 0 saturated heterocycles. The summed E-state index contributed by atoms with van der Waals surface area (Å²) < 4.78 is 5.27. The highest BCUT2D eigenvalue weighted by molar-refractivity contribution is 6.57. The minimum absolute atomic E-state index is 0.0265. The van der Waals surface area contributed by atoms with E-state index < -0.39 is 7.12 Å². The van der Waals surface area contributed by atoms with E-state index in [0.29, 0.717) is 5.88 Å². The van der Waals surface area contributed by atoms with Gasteiger partial charge in [-0.1, -0.05) is 6.07 Å². The van der Waals surface area contributed by atoms with Crippen LogP contribution in [0.5, 0.6) is 5.88 Å². The number of ether oxygens (including phenoxy) is 1. The van der Waals surface area contributed by atoms with E-state index >= 15 is 0 Å². The van der Waals surface area contributed by atoms with Crippen molar-refractivity contribution in [3.05, 3.63) is 18.2 Å². The fourth-order valence-corrected chi connectivity index (χ4v) is 0.882. The van der Waals surface area contributed by atoms with Gasteiger partial charge in [-0.2, -0.15) is 0 Å². The van der Waals surface area contributed by atoms with Gasteiger partial charge >= 0.3 is 7.12 Å². The molecule has 2 N–H and O–H groups in total. The summed E-state index contributed by atoms with van der Waals surface area (Å²) in [7, 11) is -1.55. The standard InChI is InChI=1S/C8H12BNO3/c1-6(2)13-8-5-3-4-7(10-8)9(11)12/h3-6,11-12H,1-2H3. The third kappa shape index (κ3) is 3.04. The lowest BCUT2D eigenvalue weighted by Crippen LogP contribution is -2.32. The van der Waals surface area contributed by atoms with Gasteiger partial charge in [0.1, 0.15) is 0 Å². The van der Waals surface area contributed by atoms with Crippen molar-refractivity contribution in [1.82, 2.24) is 4.98 Å². The molecule has 1 rings (SSSR count). The lowest BCUT2D eigenvalue weighted by Gasteiger charge is -2.09. The number of hydrogen-bond donors (Lipinski definition) is 2. The fraction of sp³-hybridized carbons (Fsp3) is 0.375. The molecule has 0 aliphatic heterocycles. The Hall–Kier alpha value is -1.07. The summed E-state index contributed by atoms with van der Waals surface area (Å²) in [6.07, 6.45) is 0.0265. The maximum Gasteiger partial charge on any atom is 0.508 e. The van der Waals surface area contributed by atoms with E-state index in [1.807, 2.05) is 13.8 Å². The summed E-state index contributed by atoms with van der Waals surface area (Å²) >= 11 is 0. The van der Waals surface area contributed by atoms with Crippen LogP contribution in [0.3, 0.4) is 0 Å². The Bertz CT molecular complexity index is 278. The summed E-state index contributed by atoms with van der Waals surface area (Å²) in [5.41, 5.74) is 0.193. The van der Waals surface area contributed by atoms with Crippen LogP contribution in [0.15, 0.2) is 18.2 Å². The molecule has 0 aromatic carbocycles. The van der Waals surface area contributed by atoms with E-state index in [1.165, 1.54) is 6.07 Å². The molecular weight excluding hydrogens is 169 g/mol. The van der Waals surface area contributed by atoms with E-state index in [0.717, 1.165) is 0 Å². The molecule has 0 fully saturated rings. The van der Waals surface area contributed by atoms with Crippen molar-refractivity contribution in [1.29, 1.82) is 0 Å². The molecule has 1 heterocycles. The normalized spacial score (nSPS) is 10.2. The molecule has 1 aromatic rings. The molecule has 0 spiro atoms. The third-order valence-corrected chi connectivity index (χ3v) is 1.37. The molecule has 0 aliphatic rings. The highest BCUT2D eigenvalue weighted by Crippen LogP contribution is 2.04. The first-order valence-corrected chi connectivity index (χ1v) is 4.09. The first kappa shape index (κ1) is 10.0. The summed E-state index contributed by atoms with van der Waals surface area (Å²) in [6, 6.07) is 4.86. The molecule has 70 valence electrons. The summed E-state index contributed by atoms with van der Waals surface area (Å²) in [4.78, 5) is 3.89. The highest BCUT2D eigenvalue weighted by Gasteiger charge is 2.13. The van der Waals surface area contributed by atoms with Crippen LogP contribution in [0, 0.1) is 0 Å². The van der Waals surface area contributed by atoms with Gasteiger partial charge in [0.05, 0.1) is 11.7 Å². The molecule has 0 amide bonds. The molecule has 1 aromatic heterocycles. The van der Waals surface area contributed by atoms with Gasteiger partial charge in [0.25, 0.3) is 0 Å². The molecule has 0 saturated carbocycles. The van der Waals surface area contributed by atoms with Crippen LogP contribution in [0.4, 0.5) is 0 Å². The molecule has 0 aliphatic carbocycles. The summed E-state index contributed by atoms with van der Waals surface area (Å²) in [5, 5.41) is 17.6. The summed E-state index contributed by atoms with van der Waals surface area (Å²) in [5.74, 6) is 0.403. The molecule has 0 radical (unpaired) electrons. The molecule has 4 nitrogen and oxygen atoms in total. The van der Waals surface area contributed by atoms with Crippen LogP contribution in [0.25, 0.3) is 0 Å². The van der Waals surface area contributed by atoms with E-state index in [4.69, 9.17) is 14.8 Å². The first-order chi connectivity index (χ1) is 6.09. The Kier molecular flexibility index (Phi) is 3.28. The zero-order valence-corrected chi connectivity index (χ0v) is 7.64. The van der Waals surface area contributed by atoms with Crippen molar-refractivity contribution in [3.8, 4) is 5.88 Å². The van der Waals surface area contributed by atoms with Gasteiger partial charge < -0.3 is 14.8 Å². The number of rotatable bonds is 3. The SMILES string of the molecule is CC(C)Oc1cccc(B(O)O)n1. The maximum absolute atomic E-state index is 8.82. The average molecular weight is 181 g/mol. The zero-order valence-electron chi connectivity index (χ0n) is 7.64. The number of pyridine rings is 1. The van der Waals surface area contributed by atoms with Crippen molar-refractivity contribution in [2.45, 2.75) is 20.0 Å². The quantitative estimate of drug-likeness (QED) is 0.620. The molecule has 0 atom stereocenters. The van der Waals surface area contributed by atoms with Crippen LogP contribution in [-0.4, -0.2) is 28.3 Å². The topological polar surface area (TPSA) is 62.6 Å². The van der Waals surface area contributed by atoms with Crippen LogP contribution < -0.4 is 10.3 Å². The van der Waals surface area contributed by atoms with Gasteiger partial charge in [0.2, 0.25) is 5.88 Å². The average Bonchev–Trinajstić information content (AvgIpc) is 2.03. The highest BCUT2D eigenvalue weighted by atomic mass is 16.5. The lowest BCUT2D eigenvalue weighted by atomic mass is 9.86. The Labute approximate surface area is 77.3 Å². The van der Waals surface area contributed by atoms with Crippen molar-refractivity contribution in [2.24, 2.45) is 0 Å². The predicted octanol–water partition coefficient (Wildman–Crippen LogP) is -0.451. The molecular formula is C8H12BNO3. The van der Waals surface area contributed by atoms with Crippen LogP contribution in [-0.2, 0) is 0 Å². The van der Waals surface area contributed by atoms with Gasteiger partial charge in [-0.05, 0) is 19.9 Å². The van der Waals surface area contributed by atoms with Crippen molar-refractivity contribution in [3.63, 3.8) is 0 Å². The largest absolute Gasteiger partial charge is 0.508 e. The smallest absolute Gasteiger partial charge is 0.475 e. The number of nitrogens with zero attached hydrogens (tertiary/aromatic N) is 1. The number of hydrogen-bond acceptors (Lipinski definition) is 4. The van der Waals surface area contributed by atoms with E-state index in [1.54, 1.807) is 12.1 Å². The van der Waals surface area contributed by atoms with Crippen LogP contribution in [0.2, 0.25) is 0 Å². The second-order valence-corrected chi connectivity index (χ2v) is 2.94. The second kappa shape index (κ2) is 4.25. The minimum Gasteiger partial charge on any atom is -0.475 e. The molecule has 5 heteroatoms. The van der Waals surface area contributed by atoms with E-state index in [-0.39, 0.29) is 11.7 Å². The van der Waals surface area contributed by atoms with Crippen molar-refractivity contribution >= 4 is 12.7 Å². The lowest BCUT2D eigenvalue weighted by molar-refractivity contribution is 0.233. The van der Waals surface area contributed by atoms with Gasteiger partial charge in [-0.25, -0.2) is 4.98 Å². The Morgan fingerprint density at radius 1 is 1.38 bits per heavy atom. The van der Waals surface area contributed by atoms with Crippen LogP contribution >= 0.6 is 0 Å². The van der Waals surface area contributed by atoms with E-state index in [2.05, 4.69) is 4.98 Å². The van der Waals surface area contributed by atoms with Crippen molar-refractivity contribution < 1.29 is 14.8 Å². The van der Waals surface area contributed by atoms with Gasteiger partial charge in [0.15, 0.2) is 0 Å².